The SMILES string of the molecule is CCOCCOC(=O)OC1=C(c2ccc(Cl)cc2Cl)C(=O)NC12CCC(C(F)(F)F)CC2. The molecule has 3 rings (SSSR count). The van der Waals surface area contributed by atoms with E-state index in [0.29, 0.717) is 11.6 Å². The lowest BCUT2D eigenvalue weighted by atomic mass is 9.75. The number of rotatable bonds is 6. The minimum absolute atomic E-state index is 0.0288. The van der Waals surface area contributed by atoms with Crippen molar-refractivity contribution in [1.29, 1.82) is 0 Å². The van der Waals surface area contributed by atoms with Gasteiger partial charge in [0.15, 0.2) is 5.76 Å². The van der Waals surface area contributed by atoms with Crippen LogP contribution in [0.15, 0.2) is 24.0 Å². The molecule has 1 spiro atoms. The van der Waals surface area contributed by atoms with Gasteiger partial charge < -0.3 is 19.5 Å². The maximum atomic E-state index is 13.2. The van der Waals surface area contributed by atoms with Crippen molar-refractivity contribution in [2.45, 2.75) is 44.3 Å². The molecule has 0 unspecified atom stereocenters. The Hall–Kier alpha value is -1.97. The van der Waals surface area contributed by atoms with Crippen molar-refractivity contribution in [3.8, 4) is 0 Å². The van der Waals surface area contributed by atoms with E-state index in [-0.39, 0.29) is 60.8 Å². The predicted molar refractivity (Wildman–Crippen MR) is 111 cm³/mol. The molecule has 2 aliphatic rings. The van der Waals surface area contributed by atoms with Crippen LogP contribution in [0.5, 0.6) is 0 Å². The molecule has 0 bridgehead atoms. The Bertz CT molecular complexity index is 911. The summed E-state index contributed by atoms with van der Waals surface area (Å²) >= 11 is 12.2. The molecule has 1 saturated carbocycles. The van der Waals surface area contributed by atoms with Crippen LogP contribution in [-0.2, 0) is 19.0 Å². The molecule has 0 radical (unpaired) electrons. The average Bonchev–Trinajstić information content (AvgIpc) is 2.96. The van der Waals surface area contributed by atoms with E-state index >= 15 is 0 Å². The van der Waals surface area contributed by atoms with Crippen LogP contribution in [0, 0.1) is 5.92 Å². The Kier molecular flexibility index (Phi) is 7.62. The number of amides is 1. The van der Waals surface area contributed by atoms with Gasteiger partial charge in [-0.15, -0.1) is 0 Å². The number of carbonyl (C=O) groups is 2. The zero-order chi connectivity index (χ0) is 23.5. The third kappa shape index (κ3) is 5.32. The summed E-state index contributed by atoms with van der Waals surface area (Å²) in [5, 5.41) is 3.20. The minimum Gasteiger partial charge on any atom is -0.432 e. The van der Waals surface area contributed by atoms with Crippen LogP contribution in [-0.4, -0.2) is 43.6 Å². The second-order valence-electron chi connectivity index (χ2n) is 7.58. The first kappa shape index (κ1) is 24.7. The van der Waals surface area contributed by atoms with Crippen molar-refractivity contribution in [2.24, 2.45) is 5.92 Å². The summed E-state index contributed by atoms with van der Waals surface area (Å²) in [7, 11) is 0. The highest BCUT2D eigenvalue weighted by atomic mass is 35.5. The Morgan fingerprint density at radius 2 is 1.91 bits per heavy atom. The van der Waals surface area contributed by atoms with Gasteiger partial charge in [-0.1, -0.05) is 29.3 Å². The van der Waals surface area contributed by atoms with Gasteiger partial charge in [-0.2, -0.15) is 13.2 Å². The van der Waals surface area contributed by atoms with Crippen molar-refractivity contribution < 1.29 is 37.0 Å². The highest BCUT2D eigenvalue weighted by molar-refractivity contribution is 6.38. The van der Waals surface area contributed by atoms with Gasteiger partial charge >= 0.3 is 12.3 Å². The van der Waals surface area contributed by atoms with Gasteiger partial charge in [0.05, 0.1) is 28.7 Å². The monoisotopic (exact) mass is 495 g/mol. The summed E-state index contributed by atoms with van der Waals surface area (Å²) in [5.41, 5.74) is -1.05. The number of halogens is 5. The largest absolute Gasteiger partial charge is 0.513 e. The van der Waals surface area contributed by atoms with E-state index in [0.717, 1.165) is 0 Å². The fourth-order valence-corrected chi connectivity index (χ4v) is 4.50. The summed E-state index contributed by atoms with van der Waals surface area (Å²) < 4.78 is 55.1. The first-order chi connectivity index (χ1) is 15.1. The lowest BCUT2D eigenvalue weighted by Crippen LogP contribution is -2.49. The molecule has 1 aromatic carbocycles. The zero-order valence-electron chi connectivity index (χ0n) is 17.2. The smallest absolute Gasteiger partial charge is 0.432 e. The van der Waals surface area contributed by atoms with Crippen molar-refractivity contribution in [3.05, 3.63) is 39.6 Å². The maximum Gasteiger partial charge on any atom is 0.513 e. The van der Waals surface area contributed by atoms with Gasteiger partial charge in [-0.25, -0.2) is 4.79 Å². The number of benzene rings is 1. The standard InChI is InChI=1S/C21H22Cl2F3NO5/c1-2-30-9-10-31-19(29)32-17-16(14-4-3-13(22)11-15(14)23)18(28)27-20(17)7-5-12(6-8-20)21(24,25)26/h3-4,11-12H,2,5-10H2,1H3,(H,27,28). The molecule has 1 fully saturated rings. The molecule has 1 amide bonds. The molecule has 1 aliphatic heterocycles. The second kappa shape index (κ2) is 9.89. The molecule has 0 atom stereocenters. The highest BCUT2D eigenvalue weighted by Crippen LogP contribution is 2.48. The number of ether oxygens (including phenoxy) is 3. The average molecular weight is 496 g/mol. The zero-order valence-corrected chi connectivity index (χ0v) is 18.7. The Morgan fingerprint density at radius 1 is 1.22 bits per heavy atom. The lowest BCUT2D eigenvalue weighted by molar-refractivity contribution is -0.185. The fraction of sp³-hybridized carbons (Fsp3) is 0.524. The molecule has 1 aromatic rings. The van der Waals surface area contributed by atoms with Gasteiger partial charge in [0.25, 0.3) is 5.91 Å². The van der Waals surface area contributed by atoms with E-state index in [4.69, 9.17) is 37.4 Å². The summed E-state index contributed by atoms with van der Waals surface area (Å²) in [6.07, 6.45) is -5.99. The van der Waals surface area contributed by atoms with Crippen molar-refractivity contribution >= 4 is 40.8 Å². The number of hydrogen-bond acceptors (Lipinski definition) is 5. The van der Waals surface area contributed by atoms with E-state index in [2.05, 4.69) is 5.32 Å². The number of hydrogen-bond donors (Lipinski definition) is 1. The van der Waals surface area contributed by atoms with E-state index < -0.39 is 29.7 Å². The summed E-state index contributed by atoms with van der Waals surface area (Å²) in [4.78, 5) is 25.2. The van der Waals surface area contributed by atoms with Crippen molar-refractivity contribution in [2.75, 3.05) is 19.8 Å². The number of nitrogens with one attached hydrogen (secondary N) is 1. The molecular formula is C21H22Cl2F3NO5. The molecule has 1 N–H and O–H groups in total. The Labute approximate surface area is 193 Å². The highest BCUT2D eigenvalue weighted by Gasteiger charge is 2.53. The minimum atomic E-state index is -4.34. The second-order valence-corrected chi connectivity index (χ2v) is 8.42. The molecule has 32 heavy (non-hydrogen) atoms. The van der Waals surface area contributed by atoms with Gasteiger partial charge in [0.1, 0.15) is 6.61 Å². The van der Waals surface area contributed by atoms with Crippen LogP contribution in [0.2, 0.25) is 10.0 Å². The summed E-state index contributed by atoms with van der Waals surface area (Å²) in [6.45, 7) is 2.28. The normalized spacial score (nSPS) is 23.4. The predicted octanol–water partition coefficient (Wildman–Crippen LogP) is 5.52. The van der Waals surface area contributed by atoms with Crippen LogP contribution < -0.4 is 5.32 Å². The van der Waals surface area contributed by atoms with Gasteiger partial charge in [0, 0.05) is 17.2 Å². The Morgan fingerprint density at radius 3 is 2.50 bits per heavy atom. The van der Waals surface area contributed by atoms with E-state index in [1.165, 1.54) is 18.2 Å². The van der Waals surface area contributed by atoms with Crippen LogP contribution in [0.25, 0.3) is 5.57 Å². The molecule has 0 saturated heterocycles. The lowest BCUT2D eigenvalue weighted by Gasteiger charge is -2.38. The van der Waals surface area contributed by atoms with E-state index in [1.54, 1.807) is 6.92 Å². The molecule has 0 aromatic heterocycles. The molecule has 176 valence electrons. The molecule has 1 heterocycles. The number of alkyl halides is 3. The third-order valence-electron chi connectivity index (χ3n) is 5.58. The van der Waals surface area contributed by atoms with Crippen LogP contribution >= 0.6 is 23.2 Å². The summed E-state index contributed by atoms with van der Waals surface area (Å²) in [6, 6.07) is 4.42. The molecule has 1 aliphatic carbocycles. The van der Waals surface area contributed by atoms with Crippen molar-refractivity contribution in [3.63, 3.8) is 0 Å². The first-order valence-corrected chi connectivity index (χ1v) is 10.8. The molecule has 6 nitrogen and oxygen atoms in total. The van der Waals surface area contributed by atoms with Gasteiger partial charge in [-0.05, 0) is 44.7 Å². The van der Waals surface area contributed by atoms with Crippen LogP contribution in [0.1, 0.15) is 38.2 Å². The first-order valence-electron chi connectivity index (χ1n) is 10.1. The van der Waals surface area contributed by atoms with E-state index in [9.17, 15) is 22.8 Å². The maximum absolute atomic E-state index is 13.2. The third-order valence-corrected chi connectivity index (χ3v) is 6.13. The Balaban J connectivity index is 1.94. The van der Waals surface area contributed by atoms with Crippen molar-refractivity contribution in [1.82, 2.24) is 5.32 Å². The molecule has 11 heteroatoms. The van der Waals surface area contributed by atoms with Gasteiger partial charge in [-0.3, -0.25) is 4.79 Å². The van der Waals surface area contributed by atoms with Crippen LogP contribution in [0.3, 0.4) is 0 Å². The quantitative estimate of drug-likeness (QED) is 0.415. The summed E-state index contributed by atoms with van der Waals surface area (Å²) in [5.74, 6) is -2.18. The fourth-order valence-electron chi connectivity index (χ4n) is 4.00. The van der Waals surface area contributed by atoms with Gasteiger partial charge in [0.2, 0.25) is 0 Å². The van der Waals surface area contributed by atoms with E-state index in [1.807, 2.05) is 0 Å². The topological polar surface area (TPSA) is 73.9 Å². The molecular weight excluding hydrogens is 474 g/mol. The van der Waals surface area contributed by atoms with Crippen LogP contribution in [0.4, 0.5) is 18.0 Å². The number of carbonyl (C=O) groups excluding carboxylic acids is 2.